The number of carbonyl (C=O) groups is 2. The molecule has 0 spiro atoms. The number of ether oxygens (including phenoxy) is 2. The first-order valence-corrected chi connectivity index (χ1v) is 10.1. The monoisotopic (exact) mass is 406 g/mol. The molecule has 0 amide bonds. The van der Waals surface area contributed by atoms with Crippen LogP contribution in [0.4, 0.5) is 5.69 Å². The molecule has 1 unspecified atom stereocenters. The van der Waals surface area contributed by atoms with Crippen LogP contribution in [-0.2, 0) is 14.3 Å². The first-order chi connectivity index (χ1) is 14.5. The van der Waals surface area contributed by atoms with Crippen molar-refractivity contribution in [1.29, 1.82) is 0 Å². The zero-order chi connectivity index (χ0) is 21.4. The third-order valence-electron chi connectivity index (χ3n) is 5.87. The molecule has 30 heavy (non-hydrogen) atoms. The summed E-state index contributed by atoms with van der Waals surface area (Å²) in [6.45, 7) is 4.18. The van der Waals surface area contributed by atoms with E-state index >= 15 is 0 Å². The molecule has 1 aliphatic heterocycles. The Morgan fingerprint density at radius 1 is 1.03 bits per heavy atom. The SMILES string of the molecule is COC(=O)c1ccc([C@@H]2CC(C(=O)OC)N(C(C)C)c3c2[nH]c2ccccc32)cc1. The van der Waals surface area contributed by atoms with Crippen LogP contribution in [0.1, 0.15) is 47.8 Å². The number of carbonyl (C=O) groups excluding carboxylic acids is 2. The van der Waals surface area contributed by atoms with Gasteiger partial charge in [0.15, 0.2) is 0 Å². The van der Waals surface area contributed by atoms with Crippen molar-refractivity contribution in [2.45, 2.75) is 38.3 Å². The van der Waals surface area contributed by atoms with Gasteiger partial charge in [-0.05, 0) is 44.0 Å². The maximum atomic E-state index is 12.8. The number of fused-ring (bicyclic) bond motifs is 3. The summed E-state index contributed by atoms with van der Waals surface area (Å²) >= 11 is 0. The molecule has 0 aliphatic carbocycles. The van der Waals surface area contributed by atoms with Gasteiger partial charge >= 0.3 is 11.9 Å². The topological polar surface area (TPSA) is 71.6 Å². The van der Waals surface area contributed by atoms with Crippen LogP contribution in [0.15, 0.2) is 48.5 Å². The number of H-pyrrole nitrogens is 1. The number of hydrogen-bond acceptors (Lipinski definition) is 5. The number of hydrogen-bond donors (Lipinski definition) is 1. The Balaban J connectivity index is 1.88. The van der Waals surface area contributed by atoms with Crippen LogP contribution in [0.2, 0.25) is 0 Å². The van der Waals surface area contributed by atoms with E-state index in [-0.39, 0.29) is 23.9 Å². The van der Waals surface area contributed by atoms with Crippen molar-refractivity contribution in [2.24, 2.45) is 0 Å². The van der Waals surface area contributed by atoms with E-state index in [4.69, 9.17) is 9.47 Å². The van der Waals surface area contributed by atoms with E-state index in [9.17, 15) is 9.59 Å². The molecule has 2 heterocycles. The minimum Gasteiger partial charge on any atom is -0.467 e. The van der Waals surface area contributed by atoms with Crippen molar-refractivity contribution in [3.05, 3.63) is 65.4 Å². The lowest BCUT2D eigenvalue weighted by Crippen LogP contribution is -2.49. The second kappa shape index (κ2) is 7.86. The fraction of sp³-hybridized carbons (Fsp3) is 0.333. The molecular weight excluding hydrogens is 380 g/mol. The fourth-order valence-electron chi connectivity index (χ4n) is 4.52. The molecule has 3 aromatic rings. The van der Waals surface area contributed by atoms with E-state index in [1.807, 2.05) is 24.3 Å². The molecule has 0 saturated carbocycles. The summed E-state index contributed by atoms with van der Waals surface area (Å²) < 4.78 is 9.98. The Labute approximate surface area is 175 Å². The lowest BCUT2D eigenvalue weighted by Gasteiger charge is -2.42. The Kier molecular flexibility index (Phi) is 5.24. The third-order valence-corrected chi connectivity index (χ3v) is 5.87. The molecule has 6 nitrogen and oxygen atoms in total. The summed E-state index contributed by atoms with van der Waals surface area (Å²) in [5.74, 6) is -0.635. The number of nitrogens with zero attached hydrogens (tertiary/aromatic N) is 1. The first-order valence-electron chi connectivity index (χ1n) is 10.1. The molecule has 1 aliphatic rings. The minimum atomic E-state index is -0.396. The number of nitrogens with one attached hydrogen (secondary N) is 1. The average molecular weight is 406 g/mol. The largest absolute Gasteiger partial charge is 0.467 e. The van der Waals surface area contributed by atoms with Crippen LogP contribution in [0.25, 0.3) is 10.9 Å². The highest BCUT2D eigenvalue weighted by Crippen LogP contribution is 2.46. The zero-order valence-corrected chi connectivity index (χ0v) is 17.6. The number of esters is 2. The number of aromatic nitrogens is 1. The molecule has 0 bridgehead atoms. The van der Waals surface area contributed by atoms with Crippen molar-refractivity contribution < 1.29 is 19.1 Å². The summed E-state index contributed by atoms with van der Waals surface area (Å²) in [6.07, 6.45) is 0.586. The number of methoxy groups -OCH3 is 2. The Hall–Kier alpha value is -3.28. The van der Waals surface area contributed by atoms with E-state index in [0.29, 0.717) is 12.0 Å². The van der Waals surface area contributed by atoms with Crippen LogP contribution >= 0.6 is 0 Å². The Bertz CT molecular complexity index is 1080. The Morgan fingerprint density at radius 3 is 2.37 bits per heavy atom. The molecule has 0 radical (unpaired) electrons. The number of benzene rings is 2. The summed E-state index contributed by atoms with van der Waals surface area (Å²) in [4.78, 5) is 30.3. The highest BCUT2D eigenvalue weighted by atomic mass is 16.5. The third kappa shape index (κ3) is 3.22. The average Bonchev–Trinajstić information content (AvgIpc) is 3.16. The highest BCUT2D eigenvalue weighted by Gasteiger charge is 2.41. The van der Waals surface area contributed by atoms with E-state index in [1.165, 1.54) is 14.2 Å². The molecule has 156 valence electrons. The predicted molar refractivity (Wildman–Crippen MR) is 116 cm³/mol. The maximum absolute atomic E-state index is 12.8. The van der Waals surface area contributed by atoms with Gasteiger partial charge in [0.2, 0.25) is 0 Å². The lowest BCUT2D eigenvalue weighted by molar-refractivity contribution is -0.142. The van der Waals surface area contributed by atoms with Crippen LogP contribution in [-0.4, -0.2) is 43.2 Å². The summed E-state index contributed by atoms with van der Waals surface area (Å²) in [6, 6.07) is 15.3. The van der Waals surface area contributed by atoms with E-state index in [0.717, 1.165) is 27.8 Å². The van der Waals surface area contributed by atoms with Gasteiger partial charge in [-0.1, -0.05) is 30.3 Å². The van der Waals surface area contributed by atoms with E-state index in [1.54, 1.807) is 12.1 Å². The smallest absolute Gasteiger partial charge is 0.337 e. The van der Waals surface area contributed by atoms with Crippen LogP contribution in [0.3, 0.4) is 0 Å². The molecule has 1 aromatic heterocycles. The molecule has 4 rings (SSSR count). The molecule has 6 heteroatoms. The molecule has 2 aromatic carbocycles. The van der Waals surface area contributed by atoms with Gasteiger partial charge in [0.05, 0.1) is 25.5 Å². The standard InChI is InChI=1S/C24H26N2O4/c1-14(2)26-20(24(28)30-4)13-18(15-9-11-16(12-10-15)23(27)29-3)21-22(26)17-7-5-6-8-19(17)25-21/h5-12,14,18,20,25H,13H2,1-4H3/t18-,20?/m0/s1. The van der Waals surface area contributed by atoms with Crippen molar-refractivity contribution in [2.75, 3.05) is 19.1 Å². The van der Waals surface area contributed by atoms with Crippen LogP contribution in [0, 0.1) is 0 Å². The lowest BCUT2D eigenvalue weighted by atomic mass is 9.83. The number of aromatic amines is 1. The number of rotatable bonds is 4. The first kappa shape index (κ1) is 20.0. The van der Waals surface area contributed by atoms with Gasteiger partial charge in [0.25, 0.3) is 0 Å². The minimum absolute atomic E-state index is 0.0294. The normalized spacial score (nSPS) is 18.4. The van der Waals surface area contributed by atoms with Crippen LogP contribution in [0.5, 0.6) is 0 Å². The quantitative estimate of drug-likeness (QED) is 0.656. The van der Waals surface area contributed by atoms with Gasteiger partial charge in [0, 0.05) is 28.6 Å². The Morgan fingerprint density at radius 2 is 1.73 bits per heavy atom. The summed E-state index contributed by atoms with van der Waals surface area (Å²) in [5.41, 5.74) is 4.70. The molecular formula is C24H26N2O4. The van der Waals surface area contributed by atoms with Crippen molar-refractivity contribution in [1.82, 2.24) is 4.98 Å². The molecule has 0 saturated heterocycles. The van der Waals surface area contributed by atoms with Gasteiger partial charge < -0.3 is 19.4 Å². The van der Waals surface area contributed by atoms with E-state index < -0.39 is 6.04 Å². The van der Waals surface area contributed by atoms with Gasteiger partial charge in [0.1, 0.15) is 6.04 Å². The summed E-state index contributed by atoms with van der Waals surface area (Å²) in [5, 5.41) is 1.09. The fourth-order valence-corrected chi connectivity index (χ4v) is 4.52. The van der Waals surface area contributed by atoms with Crippen LogP contribution < -0.4 is 4.90 Å². The van der Waals surface area contributed by atoms with Gasteiger partial charge in [-0.3, -0.25) is 0 Å². The second-order valence-electron chi connectivity index (χ2n) is 7.87. The number of para-hydroxylation sites is 1. The van der Waals surface area contributed by atoms with Gasteiger partial charge in [-0.15, -0.1) is 0 Å². The second-order valence-corrected chi connectivity index (χ2v) is 7.87. The van der Waals surface area contributed by atoms with E-state index in [2.05, 4.69) is 35.9 Å². The van der Waals surface area contributed by atoms with Gasteiger partial charge in [-0.2, -0.15) is 0 Å². The predicted octanol–water partition coefficient (Wildman–Crippen LogP) is 4.25. The number of anilines is 1. The highest BCUT2D eigenvalue weighted by molar-refractivity contribution is 5.98. The molecule has 0 fully saturated rings. The summed E-state index contributed by atoms with van der Waals surface area (Å²) in [7, 11) is 2.81. The molecule has 1 N–H and O–H groups in total. The zero-order valence-electron chi connectivity index (χ0n) is 17.6. The van der Waals surface area contributed by atoms with Crippen molar-refractivity contribution >= 4 is 28.5 Å². The maximum Gasteiger partial charge on any atom is 0.337 e. The van der Waals surface area contributed by atoms with Crippen molar-refractivity contribution in [3.8, 4) is 0 Å². The molecule has 2 atom stereocenters. The van der Waals surface area contributed by atoms with Crippen molar-refractivity contribution in [3.63, 3.8) is 0 Å². The van der Waals surface area contributed by atoms with Gasteiger partial charge in [-0.25, -0.2) is 9.59 Å².